The predicted octanol–water partition coefficient (Wildman–Crippen LogP) is 2.80. The average molecular weight is 346 g/mol. The molecule has 2 fully saturated rings. The summed E-state index contributed by atoms with van der Waals surface area (Å²) in [7, 11) is 1.65. The molecule has 2 aliphatic heterocycles. The van der Waals surface area contributed by atoms with E-state index in [0.29, 0.717) is 6.61 Å². The van der Waals surface area contributed by atoms with E-state index in [1.165, 1.54) is 0 Å². The summed E-state index contributed by atoms with van der Waals surface area (Å²) in [6.07, 6.45) is 5.88. The second kappa shape index (κ2) is 5.44. The molecule has 0 aromatic carbocycles. The number of hydrogen-bond acceptors (Lipinski definition) is 5. The average Bonchev–Trinajstić information content (AvgIpc) is 2.80. The SMILES string of the molecule is COCC(C)[C@@H]1OC(=O)C=C2C1=CC1OC(=O)[C@@]3(C)CCCC2(C)C13. The van der Waals surface area contributed by atoms with Crippen molar-refractivity contribution in [3.8, 4) is 0 Å². The van der Waals surface area contributed by atoms with Crippen LogP contribution in [0, 0.1) is 22.7 Å². The molecule has 2 heterocycles. The molecule has 0 amide bonds. The smallest absolute Gasteiger partial charge is 0.331 e. The Kier molecular flexibility index (Phi) is 3.66. The molecule has 0 radical (unpaired) electrons. The Bertz CT molecular complexity index is 692. The lowest BCUT2D eigenvalue weighted by Gasteiger charge is -2.53. The third-order valence-corrected chi connectivity index (χ3v) is 6.83. The van der Waals surface area contributed by atoms with E-state index in [1.807, 2.05) is 19.9 Å². The van der Waals surface area contributed by atoms with Crippen molar-refractivity contribution in [1.82, 2.24) is 0 Å². The lowest BCUT2D eigenvalue weighted by Crippen LogP contribution is -2.52. The third-order valence-electron chi connectivity index (χ3n) is 6.83. The number of carbonyl (C=O) groups excluding carboxylic acids is 2. The van der Waals surface area contributed by atoms with Crippen LogP contribution < -0.4 is 0 Å². The molecule has 0 aromatic heterocycles. The molecule has 4 rings (SSSR count). The largest absolute Gasteiger partial charge is 0.457 e. The predicted molar refractivity (Wildman–Crippen MR) is 90.5 cm³/mol. The van der Waals surface area contributed by atoms with Gasteiger partial charge in [-0.15, -0.1) is 0 Å². The molecule has 0 aromatic rings. The van der Waals surface area contributed by atoms with Crippen molar-refractivity contribution in [3.63, 3.8) is 0 Å². The second-order valence-electron chi connectivity index (χ2n) is 8.51. The van der Waals surface area contributed by atoms with E-state index >= 15 is 0 Å². The van der Waals surface area contributed by atoms with Crippen molar-refractivity contribution in [1.29, 1.82) is 0 Å². The first-order chi connectivity index (χ1) is 11.8. The fourth-order valence-corrected chi connectivity index (χ4v) is 5.76. The first-order valence-corrected chi connectivity index (χ1v) is 9.16. The summed E-state index contributed by atoms with van der Waals surface area (Å²) in [5, 5.41) is 0. The van der Waals surface area contributed by atoms with Crippen LogP contribution in [0.1, 0.15) is 40.0 Å². The van der Waals surface area contributed by atoms with Crippen LogP contribution in [0.25, 0.3) is 0 Å². The molecule has 1 saturated heterocycles. The Morgan fingerprint density at radius 3 is 2.68 bits per heavy atom. The van der Waals surface area contributed by atoms with Gasteiger partial charge < -0.3 is 14.2 Å². The second-order valence-corrected chi connectivity index (χ2v) is 8.51. The molecular formula is C20H26O5. The summed E-state index contributed by atoms with van der Waals surface area (Å²) in [4.78, 5) is 24.9. The molecule has 4 aliphatic rings. The zero-order chi connectivity index (χ0) is 18.0. The number of fused-ring (bicyclic) bond motifs is 2. The fourth-order valence-electron chi connectivity index (χ4n) is 5.76. The maximum absolute atomic E-state index is 12.6. The first kappa shape index (κ1) is 16.8. The highest BCUT2D eigenvalue weighted by molar-refractivity contribution is 5.87. The number of rotatable bonds is 3. The van der Waals surface area contributed by atoms with E-state index in [4.69, 9.17) is 14.2 Å². The maximum Gasteiger partial charge on any atom is 0.331 e. The minimum Gasteiger partial charge on any atom is -0.457 e. The van der Waals surface area contributed by atoms with Gasteiger partial charge in [0.05, 0.1) is 12.0 Å². The summed E-state index contributed by atoms with van der Waals surface area (Å²) in [5.41, 5.74) is 1.35. The van der Waals surface area contributed by atoms with E-state index in [-0.39, 0.29) is 41.4 Å². The van der Waals surface area contributed by atoms with Crippen LogP contribution in [0.3, 0.4) is 0 Å². The van der Waals surface area contributed by atoms with Gasteiger partial charge in [0.15, 0.2) is 0 Å². The Balaban J connectivity index is 1.84. The van der Waals surface area contributed by atoms with Gasteiger partial charge in [-0.25, -0.2) is 4.79 Å². The van der Waals surface area contributed by atoms with E-state index < -0.39 is 5.41 Å². The number of methoxy groups -OCH3 is 1. The number of cyclic esters (lactones) is 1. The van der Waals surface area contributed by atoms with Crippen molar-refractivity contribution in [2.45, 2.75) is 52.2 Å². The van der Waals surface area contributed by atoms with Crippen LogP contribution in [-0.2, 0) is 23.8 Å². The van der Waals surface area contributed by atoms with Crippen molar-refractivity contribution in [2.75, 3.05) is 13.7 Å². The van der Waals surface area contributed by atoms with Gasteiger partial charge in [-0.1, -0.05) is 20.3 Å². The highest BCUT2D eigenvalue weighted by Crippen LogP contribution is 2.64. The molecular weight excluding hydrogens is 320 g/mol. The number of esters is 2. The molecule has 0 N–H and O–H groups in total. The van der Waals surface area contributed by atoms with Gasteiger partial charge in [0.2, 0.25) is 0 Å². The van der Waals surface area contributed by atoms with Crippen molar-refractivity contribution in [3.05, 3.63) is 23.3 Å². The van der Waals surface area contributed by atoms with Gasteiger partial charge in [-0.2, -0.15) is 0 Å². The standard InChI is InChI=1S/C20H26O5/c1-11(10-23-4)16-12-8-14-17-19(2,13(12)9-15(21)25-16)6-5-7-20(17,3)18(22)24-14/h8-9,11,14,16-17H,5-7,10H2,1-4H3/t11?,14?,16-,17?,19?,20-/m0/s1. The van der Waals surface area contributed by atoms with Gasteiger partial charge in [0.1, 0.15) is 12.2 Å². The van der Waals surface area contributed by atoms with E-state index in [1.54, 1.807) is 13.2 Å². The summed E-state index contributed by atoms with van der Waals surface area (Å²) < 4.78 is 16.7. The number of carbonyl (C=O) groups is 2. The molecule has 0 bridgehead atoms. The van der Waals surface area contributed by atoms with E-state index in [0.717, 1.165) is 30.4 Å². The highest BCUT2D eigenvalue weighted by Gasteiger charge is 2.65. The number of ether oxygens (including phenoxy) is 3. The van der Waals surface area contributed by atoms with Crippen LogP contribution in [0.2, 0.25) is 0 Å². The highest BCUT2D eigenvalue weighted by atomic mass is 16.6. The molecule has 4 unspecified atom stereocenters. The van der Waals surface area contributed by atoms with Crippen molar-refractivity contribution < 1.29 is 23.8 Å². The molecule has 1 saturated carbocycles. The van der Waals surface area contributed by atoms with Crippen LogP contribution in [-0.4, -0.2) is 37.9 Å². The lowest BCUT2D eigenvalue weighted by atomic mass is 9.49. The first-order valence-electron chi connectivity index (χ1n) is 9.16. The van der Waals surface area contributed by atoms with Gasteiger partial charge in [0.25, 0.3) is 0 Å². The summed E-state index contributed by atoms with van der Waals surface area (Å²) >= 11 is 0. The zero-order valence-electron chi connectivity index (χ0n) is 15.3. The summed E-state index contributed by atoms with van der Waals surface area (Å²) in [6.45, 7) is 6.75. The van der Waals surface area contributed by atoms with Crippen LogP contribution >= 0.6 is 0 Å². The quantitative estimate of drug-likeness (QED) is 0.736. The van der Waals surface area contributed by atoms with E-state index in [2.05, 4.69) is 6.92 Å². The normalized spacial score (nSPS) is 43.3. The fraction of sp³-hybridized carbons (Fsp3) is 0.700. The van der Waals surface area contributed by atoms with Gasteiger partial charge in [-0.3, -0.25) is 4.79 Å². The molecule has 5 nitrogen and oxygen atoms in total. The molecule has 6 atom stereocenters. The Hall–Kier alpha value is -1.62. The monoisotopic (exact) mass is 346 g/mol. The Labute approximate surface area is 148 Å². The van der Waals surface area contributed by atoms with Crippen LogP contribution in [0.5, 0.6) is 0 Å². The number of hydrogen-bond donors (Lipinski definition) is 0. The minimum absolute atomic E-state index is 0.0381. The molecule has 5 heteroatoms. The third kappa shape index (κ3) is 2.17. The zero-order valence-corrected chi connectivity index (χ0v) is 15.3. The summed E-state index contributed by atoms with van der Waals surface area (Å²) in [6, 6.07) is 0. The van der Waals surface area contributed by atoms with E-state index in [9.17, 15) is 9.59 Å². The van der Waals surface area contributed by atoms with Crippen LogP contribution in [0.4, 0.5) is 0 Å². The van der Waals surface area contributed by atoms with Gasteiger partial charge in [0, 0.05) is 30.4 Å². The molecule has 25 heavy (non-hydrogen) atoms. The molecule has 2 aliphatic carbocycles. The van der Waals surface area contributed by atoms with Gasteiger partial charge >= 0.3 is 11.9 Å². The molecule has 0 spiro atoms. The topological polar surface area (TPSA) is 61.8 Å². The van der Waals surface area contributed by atoms with Crippen LogP contribution in [0.15, 0.2) is 23.3 Å². The van der Waals surface area contributed by atoms with Crippen molar-refractivity contribution in [2.24, 2.45) is 22.7 Å². The Morgan fingerprint density at radius 2 is 1.96 bits per heavy atom. The Morgan fingerprint density at radius 1 is 1.24 bits per heavy atom. The summed E-state index contributed by atoms with van der Waals surface area (Å²) in [5.74, 6) is -0.271. The minimum atomic E-state index is -0.463. The molecule has 136 valence electrons. The maximum atomic E-state index is 12.6. The van der Waals surface area contributed by atoms with Crippen molar-refractivity contribution >= 4 is 11.9 Å². The lowest BCUT2D eigenvalue weighted by molar-refractivity contribution is -0.148. The van der Waals surface area contributed by atoms with Gasteiger partial charge in [-0.05, 0) is 37.0 Å².